The van der Waals surface area contributed by atoms with Crippen molar-refractivity contribution in [3.8, 4) is 0 Å². The van der Waals surface area contributed by atoms with Gasteiger partial charge in [-0.2, -0.15) is 0 Å². The molecule has 110 valence electrons. The molecule has 1 aromatic carbocycles. The number of aryl methyl sites for hydroxylation is 1. The van der Waals surface area contributed by atoms with E-state index in [1.54, 1.807) is 35.6 Å². The van der Waals surface area contributed by atoms with Crippen molar-refractivity contribution in [3.05, 3.63) is 40.9 Å². The van der Waals surface area contributed by atoms with Crippen molar-refractivity contribution in [2.24, 2.45) is 0 Å². The molecule has 1 aromatic heterocycles. The molecule has 0 radical (unpaired) electrons. The highest BCUT2D eigenvalue weighted by Gasteiger charge is 2.18. The normalized spacial score (nSPS) is 12.0. The number of aromatic nitrogens is 1. The third-order valence-electron chi connectivity index (χ3n) is 2.73. The number of nitrogens with zero attached hydrogens (tertiary/aromatic N) is 1. The van der Waals surface area contributed by atoms with Crippen molar-refractivity contribution < 1.29 is 9.59 Å². The van der Waals surface area contributed by atoms with Crippen LogP contribution in [0.2, 0.25) is 0 Å². The predicted molar refractivity (Wildman–Crippen MR) is 87.2 cm³/mol. The van der Waals surface area contributed by atoms with E-state index in [-0.39, 0.29) is 16.9 Å². The van der Waals surface area contributed by atoms with Crippen LogP contribution in [0, 0.1) is 6.92 Å². The molecule has 0 saturated carbocycles. The summed E-state index contributed by atoms with van der Waals surface area (Å²) in [7, 11) is 0. The molecule has 0 unspecified atom stereocenters. The molecule has 0 spiro atoms. The zero-order valence-corrected chi connectivity index (χ0v) is 13.7. The molecule has 1 N–H and O–H groups in total. The summed E-state index contributed by atoms with van der Waals surface area (Å²) in [5.74, 6) is -0.0700. The SMILES string of the molecule is CC(=O)Nc1ccc(C(=O)[C@@H](C)Sc2nc(C)cs2)cc1. The highest BCUT2D eigenvalue weighted by molar-refractivity contribution is 8.02. The van der Waals surface area contributed by atoms with Gasteiger partial charge in [-0.15, -0.1) is 11.3 Å². The lowest BCUT2D eigenvalue weighted by molar-refractivity contribution is -0.114. The zero-order valence-electron chi connectivity index (χ0n) is 12.0. The van der Waals surface area contributed by atoms with Gasteiger partial charge in [-0.25, -0.2) is 4.98 Å². The fourth-order valence-corrected chi connectivity index (χ4v) is 3.81. The molecule has 0 saturated heterocycles. The lowest BCUT2D eigenvalue weighted by Gasteiger charge is -2.09. The van der Waals surface area contributed by atoms with Crippen LogP contribution in [-0.2, 0) is 4.79 Å². The lowest BCUT2D eigenvalue weighted by atomic mass is 10.1. The van der Waals surface area contributed by atoms with E-state index in [2.05, 4.69) is 10.3 Å². The average molecular weight is 320 g/mol. The molecule has 0 bridgehead atoms. The largest absolute Gasteiger partial charge is 0.326 e. The van der Waals surface area contributed by atoms with Crippen LogP contribution in [0.25, 0.3) is 0 Å². The first kappa shape index (κ1) is 15.7. The van der Waals surface area contributed by atoms with Crippen molar-refractivity contribution >= 4 is 40.5 Å². The fourth-order valence-electron chi connectivity index (χ4n) is 1.75. The van der Waals surface area contributed by atoms with Crippen LogP contribution in [0.15, 0.2) is 34.0 Å². The Hall–Kier alpha value is -1.66. The van der Waals surface area contributed by atoms with E-state index in [4.69, 9.17) is 0 Å². The first-order valence-corrected chi connectivity index (χ1v) is 8.22. The Balaban J connectivity index is 2.03. The highest BCUT2D eigenvalue weighted by atomic mass is 32.2. The van der Waals surface area contributed by atoms with E-state index in [1.165, 1.54) is 18.7 Å². The third-order valence-corrected chi connectivity index (χ3v) is 4.92. The van der Waals surface area contributed by atoms with E-state index in [0.29, 0.717) is 11.3 Å². The number of hydrogen-bond acceptors (Lipinski definition) is 5. The summed E-state index contributed by atoms with van der Waals surface area (Å²) in [5.41, 5.74) is 2.30. The maximum absolute atomic E-state index is 12.4. The van der Waals surface area contributed by atoms with E-state index in [1.807, 2.05) is 19.2 Å². The van der Waals surface area contributed by atoms with Crippen molar-refractivity contribution in [1.29, 1.82) is 0 Å². The second-order valence-electron chi connectivity index (χ2n) is 4.64. The van der Waals surface area contributed by atoms with Gasteiger partial charge in [0.25, 0.3) is 0 Å². The monoisotopic (exact) mass is 320 g/mol. The molecule has 1 heterocycles. The predicted octanol–water partition coefficient (Wildman–Crippen LogP) is 3.77. The maximum atomic E-state index is 12.4. The summed E-state index contributed by atoms with van der Waals surface area (Å²) in [6.45, 7) is 5.27. The Morgan fingerprint density at radius 1 is 1.29 bits per heavy atom. The summed E-state index contributed by atoms with van der Waals surface area (Å²) >= 11 is 3.02. The first-order valence-electron chi connectivity index (χ1n) is 6.46. The average Bonchev–Trinajstić information content (AvgIpc) is 2.83. The molecule has 0 aliphatic carbocycles. The number of carbonyl (C=O) groups is 2. The van der Waals surface area contributed by atoms with Crippen molar-refractivity contribution in [2.45, 2.75) is 30.4 Å². The standard InChI is InChI=1S/C15H16N2O2S2/c1-9-8-20-15(16-9)21-10(2)14(19)12-4-6-13(7-5-12)17-11(3)18/h4-8,10H,1-3H3,(H,17,18)/t10-/m1/s1. The molecule has 0 aliphatic heterocycles. The van der Waals surface area contributed by atoms with Gasteiger partial charge in [0.15, 0.2) is 10.1 Å². The number of anilines is 1. The number of thioether (sulfide) groups is 1. The Morgan fingerprint density at radius 3 is 2.48 bits per heavy atom. The Bertz CT molecular complexity index is 650. The number of carbonyl (C=O) groups excluding carboxylic acids is 2. The molecular weight excluding hydrogens is 304 g/mol. The Labute approximate surface area is 132 Å². The second-order valence-corrected chi connectivity index (χ2v) is 7.08. The number of nitrogens with one attached hydrogen (secondary N) is 1. The molecule has 21 heavy (non-hydrogen) atoms. The van der Waals surface area contributed by atoms with Gasteiger partial charge in [-0.05, 0) is 38.1 Å². The van der Waals surface area contributed by atoms with E-state index in [9.17, 15) is 9.59 Å². The van der Waals surface area contributed by atoms with Crippen LogP contribution in [0.3, 0.4) is 0 Å². The minimum absolute atomic E-state index is 0.0576. The van der Waals surface area contributed by atoms with Crippen LogP contribution >= 0.6 is 23.1 Å². The molecule has 1 amide bonds. The van der Waals surface area contributed by atoms with Crippen LogP contribution in [0.4, 0.5) is 5.69 Å². The van der Waals surface area contributed by atoms with Gasteiger partial charge in [0.2, 0.25) is 5.91 Å². The van der Waals surface area contributed by atoms with Gasteiger partial charge in [0.05, 0.1) is 5.25 Å². The summed E-state index contributed by atoms with van der Waals surface area (Å²) in [5, 5.41) is 4.46. The molecule has 0 aliphatic rings. The quantitative estimate of drug-likeness (QED) is 0.673. The van der Waals surface area contributed by atoms with Crippen molar-refractivity contribution in [3.63, 3.8) is 0 Å². The number of rotatable bonds is 5. The fraction of sp³-hybridized carbons (Fsp3) is 0.267. The van der Waals surface area contributed by atoms with Gasteiger partial charge >= 0.3 is 0 Å². The number of benzene rings is 1. The topological polar surface area (TPSA) is 59.1 Å². The molecule has 2 rings (SSSR count). The molecule has 2 aromatic rings. The van der Waals surface area contributed by atoms with Crippen LogP contribution in [0.5, 0.6) is 0 Å². The summed E-state index contributed by atoms with van der Waals surface area (Å²) in [6, 6.07) is 6.94. The van der Waals surface area contributed by atoms with Gasteiger partial charge < -0.3 is 5.32 Å². The first-order chi connectivity index (χ1) is 9.95. The van der Waals surface area contributed by atoms with Gasteiger partial charge in [0, 0.05) is 29.2 Å². The molecule has 4 nitrogen and oxygen atoms in total. The number of hydrogen-bond donors (Lipinski definition) is 1. The van der Waals surface area contributed by atoms with Gasteiger partial charge in [-0.3, -0.25) is 9.59 Å². The molecule has 0 fully saturated rings. The van der Waals surface area contributed by atoms with Crippen LogP contribution in [0.1, 0.15) is 29.9 Å². The van der Waals surface area contributed by atoms with E-state index in [0.717, 1.165) is 10.0 Å². The number of Topliss-reactive ketones (excluding diaryl/α,β-unsaturated/α-hetero) is 1. The molecule has 1 atom stereocenters. The van der Waals surface area contributed by atoms with Gasteiger partial charge in [0.1, 0.15) is 0 Å². The summed E-state index contributed by atoms with van der Waals surface area (Å²) in [6.07, 6.45) is 0. The lowest BCUT2D eigenvalue weighted by Crippen LogP contribution is -2.13. The number of amides is 1. The van der Waals surface area contributed by atoms with Crippen LogP contribution in [-0.4, -0.2) is 21.9 Å². The van der Waals surface area contributed by atoms with Gasteiger partial charge in [-0.1, -0.05) is 11.8 Å². The minimum atomic E-state index is -0.192. The maximum Gasteiger partial charge on any atom is 0.221 e. The number of thiazole rings is 1. The summed E-state index contributed by atoms with van der Waals surface area (Å²) in [4.78, 5) is 27.7. The van der Waals surface area contributed by atoms with E-state index < -0.39 is 0 Å². The smallest absolute Gasteiger partial charge is 0.221 e. The zero-order chi connectivity index (χ0) is 15.4. The number of ketones is 1. The minimum Gasteiger partial charge on any atom is -0.326 e. The van der Waals surface area contributed by atoms with Crippen molar-refractivity contribution in [2.75, 3.05) is 5.32 Å². The summed E-state index contributed by atoms with van der Waals surface area (Å²) < 4.78 is 0.906. The highest BCUT2D eigenvalue weighted by Crippen LogP contribution is 2.28. The molecule has 6 heteroatoms. The van der Waals surface area contributed by atoms with E-state index >= 15 is 0 Å². The molecular formula is C15H16N2O2S2. The Morgan fingerprint density at radius 2 is 1.95 bits per heavy atom. The second kappa shape index (κ2) is 6.87. The third kappa shape index (κ3) is 4.41. The van der Waals surface area contributed by atoms with Crippen LogP contribution < -0.4 is 5.32 Å². The Kier molecular flexibility index (Phi) is 5.14. The van der Waals surface area contributed by atoms with Crippen molar-refractivity contribution in [1.82, 2.24) is 4.98 Å².